The van der Waals surface area contributed by atoms with E-state index in [0.717, 1.165) is 17.8 Å². The van der Waals surface area contributed by atoms with Gasteiger partial charge in [0.2, 0.25) is 0 Å². The molecular formula is C11H13NO. The molecule has 0 amide bonds. The summed E-state index contributed by atoms with van der Waals surface area (Å²) in [6.45, 7) is 2.81. The second kappa shape index (κ2) is 4.54. The largest absolute Gasteiger partial charge is 0.376 e. The van der Waals surface area contributed by atoms with Crippen LogP contribution < -0.4 is 4.90 Å². The lowest BCUT2D eigenvalue weighted by molar-refractivity contribution is 0.293. The zero-order valence-corrected chi connectivity index (χ0v) is 7.70. The van der Waals surface area contributed by atoms with E-state index < -0.39 is 0 Å². The molecule has 0 atom stereocenters. The number of hydrogen-bond acceptors (Lipinski definition) is 2. The second-order valence-corrected chi connectivity index (χ2v) is 2.69. The Morgan fingerprint density at radius 3 is 2.38 bits per heavy atom. The maximum atomic E-state index is 8.99. The van der Waals surface area contributed by atoms with E-state index in [4.69, 9.17) is 11.5 Å². The summed E-state index contributed by atoms with van der Waals surface area (Å²) in [6.07, 6.45) is 5.23. The van der Waals surface area contributed by atoms with Crippen molar-refractivity contribution in [3.63, 3.8) is 0 Å². The zero-order chi connectivity index (χ0) is 9.68. The Balaban J connectivity index is 2.85. The number of hydrogen-bond donors (Lipinski definition) is 1. The Kier molecular flexibility index (Phi) is 3.36. The molecule has 68 valence electrons. The van der Waals surface area contributed by atoms with Crippen molar-refractivity contribution in [3.05, 3.63) is 29.8 Å². The molecular weight excluding hydrogens is 162 g/mol. The molecule has 0 heterocycles. The summed E-state index contributed by atoms with van der Waals surface area (Å²) < 4.78 is 0. The highest BCUT2D eigenvalue weighted by atomic mass is 16.3. The SMILES string of the molecule is C#Cc1ccc(N(CC)CO)cc1. The van der Waals surface area contributed by atoms with Gasteiger partial charge in [-0.05, 0) is 31.2 Å². The van der Waals surface area contributed by atoms with E-state index in [1.807, 2.05) is 36.1 Å². The van der Waals surface area contributed by atoms with Gasteiger partial charge in [0.1, 0.15) is 6.73 Å². The van der Waals surface area contributed by atoms with E-state index in [1.54, 1.807) is 0 Å². The number of benzene rings is 1. The highest BCUT2D eigenvalue weighted by Gasteiger charge is 2.00. The van der Waals surface area contributed by atoms with Crippen molar-refractivity contribution in [1.82, 2.24) is 0 Å². The van der Waals surface area contributed by atoms with Gasteiger partial charge >= 0.3 is 0 Å². The number of nitrogens with zero attached hydrogens (tertiary/aromatic N) is 1. The number of rotatable bonds is 3. The summed E-state index contributed by atoms with van der Waals surface area (Å²) in [5.74, 6) is 2.55. The first-order valence-electron chi connectivity index (χ1n) is 4.24. The van der Waals surface area contributed by atoms with Gasteiger partial charge in [0.25, 0.3) is 0 Å². The number of aliphatic hydroxyl groups is 1. The van der Waals surface area contributed by atoms with Crippen LogP contribution in [0.4, 0.5) is 5.69 Å². The molecule has 0 unspecified atom stereocenters. The maximum absolute atomic E-state index is 8.99. The van der Waals surface area contributed by atoms with E-state index in [0.29, 0.717) is 0 Å². The molecule has 0 spiro atoms. The van der Waals surface area contributed by atoms with Crippen LogP contribution in [0.1, 0.15) is 12.5 Å². The predicted molar refractivity (Wildman–Crippen MR) is 54.5 cm³/mol. The van der Waals surface area contributed by atoms with Crippen molar-refractivity contribution in [2.45, 2.75) is 6.92 Å². The Morgan fingerprint density at radius 1 is 1.38 bits per heavy atom. The monoisotopic (exact) mass is 175 g/mol. The van der Waals surface area contributed by atoms with Crippen molar-refractivity contribution in [1.29, 1.82) is 0 Å². The average Bonchev–Trinajstić information content (AvgIpc) is 2.21. The molecule has 1 aromatic rings. The van der Waals surface area contributed by atoms with Crippen molar-refractivity contribution in [2.24, 2.45) is 0 Å². The van der Waals surface area contributed by atoms with Crippen LogP contribution in [-0.4, -0.2) is 18.4 Å². The second-order valence-electron chi connectivity index (χ2n) is 2.69. The van der Waals surface area contributed by atoms with Gasteiger partial charge in [-0.2, -0.15) is 0 Å². The quantitative estimate of drug-likeness (QED) is 0.555. The van der Waals surface area contributed by atoms with Gasteiger partial charge < -0.3 is 10.0 Å². The van der Waals surface area contributed by atoms with Crippen LogP contribution in [0.2, 0.25) is 0 Å². The molecule has 1 aromatic carbocycles. The smallest absolute Gasteiger partial charge is 0.115 e. The summed E-state index contributed by atoms with van der Waals surface area (Å²) >= 11 is 0. The molecule has 0 fully saturated rings. The van der Waals surface area contributed by atoms with Crippen molar-refractivity contribution in [2.75, 3.05) is 18.2 Å². The number of terminal acetylenes is 1. The van der Waals surface area contributed by atoms with Crippen LogP contribution in [0, 0.1) is 12.3 Å². The van der Waals surface area contributed by atoms with Crippen LogP contribution in [0.5, 0.6) is 0 Å². The fraction of sp³-hybridized carbons (Fsp3) is 0.273. The van der Waals surface area contributed by atoms with Gasteiger partial charge in [0.15, 0.2) is 0 Å². The van der Waals surface area contributed by atoms with Gasteiger partial charge in [0, 0.05) is 17.8 Å². The minimum atomic E-state index is 0.0336. The lowest BCUT2D eigenvalue weighted by Crippen LogP contribution is -2.23. The van der Waals surface area contributed by atoms with Crippen LogP contribution >= 0.6 is 0 Å². The molecule has 1 rings (SSSR count). The third kappa shape index (κ3) is 2.24. The van der Waals surface area contributed by atoms with Crippen molar-refractivity contribution >= 4 is 5.69 Å². The van der Waals surface area contributed by atoms with E-state index in [9.17, 15) is 0 Å². The zero-order valence-electron chi connectivity index (χ0n) is 7.70. The molecule has 0 radical (unpaired) electrons. The molecule has 0 aliphatic carbocycles. The fourth-order valence-corrected chi connectivity index (χ4v) is 1.13. The minimum absolute atomic E-state index is 0.0336. The van der Waals surface area contributed by atoms with Gasteiger partial charge in [-0.25, -0.2) is 0 Å². The van der Waals surface area contributed by atoms with Crippen LogP contribution in [0.3, 0.4) is 0 Å². The van der Waals surface area contributed by atoms with E-state index in [1.165, 1.54) is 0 Å². The molecule has 0 aliphatic rings. The minimum Gasteiger partial charge on any atom is -0.376 e. The van der Waals surface area contributed by atoms with Gasteiger partial charge in [0.05, 0.1) is 0 Å². The van der Waals surface area contributed by atoms with E-state index in [-0.39, 0.29) is 6.73 Å². The van der Waals surface area contributed by atoms with Crippen LogP contribution in [0.25, 0.3) is 0 Å². The fourth-order valence-electron chi connectivity index (χ4n) is 1.13. The first-order chi connectivity index (χ1) is 6.31. The van der Waals surface area contributed by atoms with Crippen LogP contribution in [0.15, 0.2) is 24.3 Å². The van der Waals surface area contributed by atoms with E-state index in [2.05, 4.69) is 5.92 Å². The van der Waals surface area contributed by atoms with Crippen molar-refractivity contribution < 1.29 is 5.11 Å². The molecule has 2 heteroatoms. The normalized spacial score (nSPS) is 9.31. The highest BCUT2D eigenvalue weighted by molar-refractivity contribution is 5.49. The molecule has 0 saturated heterocycles. The first-order valence-corrected chi connectivity index (χ1v) is 4.24. The standard InChI is InChI=1S/C11H13NO/c1-3-10-5-7-11(8-6-10)12(4-2)9-13/h1,5-8,13H,4,9H2,2H3. The average molecular weight is 175 g/mol. The first kappa shape index (κ1) is 9.63. The topological polar surface area (TPSA) is 23.5 Å². The Hall–Kier alpha value is -1.46. The molecule has 0 bridgehead atoms. The van der Waals surface area contributed by atoms with Crippen molar-refractivity contribution in [3.8, 4) is 12.3 Å². The lowest BCUT2D eigenvalue weighted by Gasteiger charge is -2.19. The van der Waals surface area contributed by atoms with E-state index >= 15 is 0 Å². The third-order valence-corrected chi connectivity index (χ3v) is 1.95. The predicted octanol–water partition coefficient (Wildman–Crippen LogP) is 1.44. The summed E-state index contributed by atoms with van der Waals surface area (Å²) in [7, 11) is 0. The van der Waals surface area contributed by atoms with Crippen LogP contribution in [-0.2, 0) is 0 Å². The molecule has 1 N–H and O–H groups in total. The third-order valence-electron chi connectivity index (χ3n) is 1.95. The molecule has 0 aliphatic heterocycles. The lowest BCUT2D eigenvalue weighted by atomic mass is 10.2. The van der Waals surface area contributed by atoms with Gasteiger partial charge in [-0.3, -0.25) is 0 Å². The number of aliphatic hydroxyl groups excluding tert-OH is 1. The highest BCUT2D eigenvalue weighted by Crippen LogP contribution is 2.13. The summed E-state index contributed by atoms with van der Waals surface area (Å²) in [4.78, 5) is 1.85. The molecule has 0 saturated carbocycles. The molecule has 2 nitrogen and oxygen atoms in total. The Morgan fingerprint density at radius 2 is 2.00 bits per heavy atom. The summed E-state index contributed by atoms with van der Waals surface area (Å²) in [5.41, 5.74) is 1.85. The Labute approximate surface area is 78.8 Å². The molecule has 0 aromatic heterocycles. The Bertz CT molecular complexity index is 293. The molecule has 13 heavy (non-hydrogen) atoms. The van der Waals surface area contributed by atoms with Gasteiger partial charge in [-0.1, -0.05) is 5.92 Å². The summed E-state index contributed by atoms with van der Waals surface area (Å²) in [5, 5.41) is 8.99. The summed E-state index contributed by atoms with van der Waals surface area (Å²) in [6, 6.07) is 7.56. The van der Waals surface area contributed by atoms with Gasteiger partial charge in [-0.15, -0.1) is 6.42 Å². The number of anilines is 1. The maximum Gasteiger partial charge on any atom is 0.115 e.